The normalized spacial score (nSPS) is 10.1. The van der Waals surface area contributed by atoms with Gasteiger partial charge in [-0.15, -0.1) is 0 Å². The first-order chi connectivity index (χ1) is 11.1. The second kappa shape index (κ2) is 15.2. The van der Waals surface area contributed by atoms with Gasteiger partial charge in [0.2, 0.25) is 0 Å². The molecular weight excluding hydrogens is 298 g/mol. The molecule has 1 N–H and O–H groups in total. The van der Waals surface area contributed by atoms with Crippen LogP contribution in [0.1, 0.15) is 71.1 Å². The predicted molar refractivity (Wildman–Crippen MR) is 87.6 cm³/mol. The zero-order valence-electron chi connectivity index (χ0n) is 14.1. The molecule has 0 aliphatic rings. The highest BCUT2D eigenvalue weighted by atomic mass is 16.5. The maximum Gasteiger partial charge on any atom is 0.348 e. The van der Waals surface area contributed by atoms with E-state index in [1.165, 1.54) is 0 Å². The van der Waals surface area contributed by atoms with Crippen LogP contribution >= 0.6 is 0 Å². The van der Waals surface area contributed by atoms with E-state index in [1.54, 1.807) is 6.92 Å². The summed E-state index contributed by atoms with van der Waals surface area (Å²) in [5, 5.41) is 6.63. The summed E-state index contributed by atoms with van der Waals surface area (Å²) in [6.45, 7) is 2.02. The highest BCUT2D eigenvalue weighted by molar-refractivity contribution is 6.21. The molecule has 0 saturated heterocycles. The van der Waals surface area contributed by atoms with Crippen molar-refractivity contribution >= 4 is 23.9 Å². The Balaban J connectivity index is 3.26. The van der Waals surface area contributed by atoms with Gasteiger partial charge < -0.3 is 19.7 Å². The standard InChI is InChI=1S/C17H29NO5/c1-15(19)10-7-5-3-2-4-6-8-11-16(20)22-12-9-13-23-17(21)14-18/h14,18H,2-13H2,1H3. The zero-order chi connectivity index (χ0) is 17.3. The fraction of sp³-hybridized carbons (Fsp3) is 0.765. The van der Waals surface area contributed by atoms with Crippen LogP contribution in [0.5, 0.6) is 0 Å². The second-order valence-corrected chi connectivity index (χ2v) is 5.56. The van der Waals surface area contributed by atoms with Crippen molar-refractivity contribution in [1.29, 1.82) is 5.41 Å². The molecule has 0 rings (SSSR count). The van der Waals surface area contributed by atoms with Gasteiger partial charge in [0.05, 0.1) is 13.2 Å². The smallest absolute Gasteiger partial charge is 0.348 e. The molecule has 0 fully saturated rings. The first kappa shape index (κ1) is 21.3. The van der Waals surface area contributed by atoms with E-state index in [0.717, 1.165) is 44.9 Å². The lowest BCUT2D eigenvalue weighted by atomic mass is 10.1. The Morgan fingerprint density at radius 1 is 0.783 bits per heavy atom. The van der Waals surface area contributed by atoms with Crippen molar-refractivity contribution in [1.82, 2.24) is 0 Å². The molecule has 0 heterocycles. The van der Waals surface area contributed by atoms with Crippen LogP contribution in [0.25, 0.3) is 0 Å². The van der Waals surface area contributed by atoms with Crippen LogP contribution < -0.4 is 0 Å². The van der Waals surface area contributed by atoms with Crippen LogP contribution in [0.15, 0.2) is 0 Å². The number of hydrogen-bond acceptors (Lipinski definition) is 6. The number of ketones is 1. The fourth-order valence-electron chi connectivity index (χ4n) is 2.06. The molecule has 0 aromatic heterocycles. The third kappa shape index (κ3) is 16.5. The molecule has 0 aliphatic heterocycles. The van der Waals surface area contributed by atoms with Gasteiger partial charge in [-0.3, -0.25) is 4.79 Å². The van der Waals surface area contributed by atoms with Crippen LogP contribution in [-0.4, -0.2) is 37.2 Å². The monoisotopic (exact) mass is 327 g/mol. The van der Waals surface area contributed by atoms with Crippen molar-refractivity contribution < 1.29 is 23.9 Å². The first-order valence-electron chi connectivity index (χ1n) is 8.38. The molecule has 132 valence electrons. The number of ether oxygens (including phenoxy) is 2. The second-order valence-electron chi connectivity index (χ2n) is 5.56. The minimum absolute atomic E-state index is 0.158. The summed E-state index contributed by atoms with van der Waals surface area (Å²) < 4.78 is 9.67. The Bertz CT molecular complexity index is 368. The summed E-state index contributed by atoms with van der Waals surface area (Å²) >= 11 is 0. The van der Waals surface area contributed by atoms with E-state index >= 15 is 0 Å². The van der Waals surface area contributed by atoms with E-state index in [1.807, 2.05) is 0 Å². The van der Waals surface area contributed by atoms with Crippen molar-refractivity contribution in [3.63, 3.8) is 0 Å². The first-order valence-corrected chi connectivity index (χ1v) is 8.38. The molecule has 0 bridgehead atoms. The molecule has 0 saturated carbocycles. The zero-order valence-corrected chi connectivity index (χ0v) is 14.1. The molecule has 6 nitrogen and oxygen atoms in total. The minimum Gasteiger partial charge on any atom is -0.466 e. The Morgan fingerprint density at radius 3 is 1.87 bits per heavy atom. The minimum atomic E-state index is -0.683. The van der Waals surface area contributed by atoms with Gasteiger partial charge in [0.25, 0.3) is 0 Å². The third-order valence-electron chi connectivity index (χ3n) is 3.32. The number of nitrogens with one attached hydrogen (secondary N) is 1. The number of esters is 2. The largest absolute Gasteiger partial charge is 0.466 e. The van der Waals surface area contributed by atoms with Gasteiger partial charge in [-0.25, -0.2) is 4.79 Å². The number of rotatable bonds is 15. The summed E-state index contributed by atoms with van der Waals surface area (Å²) in [7, 11) is 0. The van der Waals surface area contributed by atoms with Crippen LogP contribution in [0.3, 0.4) is 0 Å². The summed E-state index contributed by atoms with van der Waals surface area (Å²) in [6, 6.07) is 0. The number of carbonyl (C=O) groups is 3. The summed E-state index contributed by atoms with van der Waals surface area (Å²) in [6.07, 6.45) is 9.48. The van der Waals surface area contributed by atoms with Gasteiger partial charge in [-0.1, -0.05) is 32.1 Å². The van der Waals surface area contributed by atoms with Crippen LogP contribution in [0.4, 0.5) is 0 Å². The molecular formula is C17H29NO5. The van der Waals surface area contributed by atoms with Crippen molar-refractivity contribution in [2.45, 2.75) is 71.1 Å². The average Bonchev–Trinajstić information content (AvgIpc) is 2.52. The van der Waals surface area contributed by atoms with Crippen LogP contribution in [0, 0.1) is 5.41 Å². The van der Waals surface area contributed by atoms with E-state index in [9.17, 15) is 14.4 Å². The highest BCUT2D eigenvalue weighted by Gasteiger charge is 2.03. The molecule has 23 heavy (non-hydrogen) atoms. The van der Waals surface area contributed by atoms with E-state index in [4.69, 9.17) is 10.1 Å². The lowest BCUT2D eigenvalue weighted by Gasteiger charge is -2.05. The summed E-state index contributed by atoms with van der Waals surface area (Å²) in [5.74, 6) is -0.640. The number of unbranched alkanes of at least 4 members (excludes halogenated alkanes) is 6. The maximum absolute atomic E-state index is 11.4. The molecule has 0 atom stereocenters. The van der Waals surface area contributed by atoms with Gasteiger partial charge in [0, 0.05) is 19.3 Å². The maximum atomic E-state index is 11.4. The lowest BCUT2D eigenvalue weighted by Crippen LogP contribution is -2.10. The Kier molecular flexibility index (Phi) is 14.1. The van der Waals surface area contributed by atoms with E-state index in [0.29, 0.717) is 25.5 Å². The van der Waals surface area contributed by atoms with Crippen molar-refractivity contribution in [3.8, 4) is 0 Å². The average molecular weight is 327 g/mol. The number of carbonyl (C=O) groups excluding carboxylic acids is 3. The van der Waals surface area contributed by atoms with Crippen LogP contribution in [-0.2, 0) is 23.9 Å². The Morgan fingerprint density at radius 2 is 1.30 bits per heavy atom. The Labute approximate surface area is 138 Å². The number of Topliss-reactive ketones (excluding diaryl/α,β-unsaturated/α-hetero) is 1. The molecule has 0 aliphatic carbocycles. The van der Waals surface area contributed by atoms with Gasteiger partial charge in [0.1, 0.15) is 12.0 Å². The quantitative estimate of drug-likeness (QED) is 0.283. The van der Waals surface area contributed by atoms with Gasteiger partial charge in [0.15, 0.2) is 0 Å². The summed E-state index contributed by atoms with van der Waals surface area (Å²) in [5.41, 5.74) is 0. The van der Waals surface area contributed by atoms with Gasteiger partial charge >= 0.3 is 11.9 Å². The topological polar surface area (TPSA) is 93.5 Å². The SMILES string of the molecule is CC(=O)CCCCCCCCCC(=O)OCCCOC(=O)C=N. The van der Waals surface area contributed by atoms with E-state index < -0.39 is 5.97 Å². The van der Waals surface area contributed by atoms with Crippen molar-refractivity contribution in [3.05, 3.63) is 0 Å². The van der Waals surface area contributed by atoms with Crippen LogP contribution in [0.2, 0.25) is 0 Å². The lowest BCUT2D eigenvalue weighted by molar-refractivity contribution is -0.144. The Hall–Kier alpha value is -1.72. The van der Waals surface area contributed by atoms with Crippen molar-refractivity contribution in [2.75, 3.05) is 13.2 Å². The predicted octanol–water partition coefficient (Wildman–Crippen LogP) is 3.21. The number of hydrogen-bond donors (Lipinski definition) is 1. The highest BCUT2D eigenvalue weighted by Crippen LogP contribution is 2.10. The van der Waals surface area contributed by atoms with Crippen molar-refractivity contribution in [2.24, 2.45) is 0 Å². The molecule has 0 amide bonds. The third-order valence-corrected chi connectivity index (χ3v) is 3.32. The molecule has 0 radical (unpaired) electrons. The molecule has 0 aromatic rings. The van der Waals surface area contributed by atoms with E-state index in [-0.39, 0.29) is 25.0 Å². The van der Waals surface area contributed by atoms with E-state index in [2.05, 4.69) is 4.74 Å². The molecule has 6 heteroatoms. The molecule has 0 spiro atoms. The van der Waals surface area contributed by atoms with Gasteiger partial charge in [-0.05, 0) is 19.8 Å². The molecule has 0 unspecified atom stereocenters. The molecule has 0 aromatic carbocycles. The summed E-state index contributed by atoms with van der Waals surface area (Å²) in [4.78, 5) is 32.8. The fourth-order valence-corrected chi connectivity index (χ4v) is 2.06. The van der Waals surface area contributed by atoms with Gasteiger partial charge in [-0.2, -0.15) is 0 Å².